The Morgan fingerprint density at radius 1 is 0.839 bits per heavy atom. The first-order valence-corrected chi connectivity index (χ1v) is 9.60. The molecule has 2 amide bonds. The average Bonchev–Trinajstić information content (AvgIpc) is 2.78. The Balaban J connectivity index is 1.72. The van der Waals surface area contributed by atoms with Gasteiger partial charge in [-0.1, -0.05) is 60.7 Å². The first kappa shape index (κ1) is 23.4. The lowest BCUT2D eigenvalue weighted by Gasteiger charge is -2.16. The van der Waals surface area contributed by atoms with Gasteiger partial charge in [-0.05, 0) is 17.5 Å². The third-order valence-electron chi connectivity index (χ3n) is 4.14. The summed E-state index contributed by atoms with van der Waals surface area (Å²) in [6, 6.07) is 16.8. The van der Waals surface area contributed by atoms with Crippen LogP contribution in [0.1, 0.15) is 24.0 Å². The fourth-order valence-electron chi connectivity index (χ4n) is 2.55. The van der Waals surface area contributed by atoms with Crippen molar-refractivity contribution in [3.8, 4) is 0 Å². The van der Waals surface area contributed by atoms with E-state index in [2.05, 4.69) is 5.32 Å². The molecule has 0 bridgehead atoms. The largest absolute Gasteiger partial charge is 0.465 e. The second-order valence-corrected chi connectivity index (χ2v) is 6.56. The van der Waals surface area contributed by atoms with Gasteiger partial charge in [0.05, 0.1) is 0 Å². The fourth-order valence-corrected chi connectivity index (χ4v) is 2.55. The highest BCUT2D eigenvalue weighted by molar-refractivity contribution is 5.84. The summed E-state index contributed by atoms with van der Waals surface area (Å²) in [4.78, 5) is 46.9. The minimum Gasteiger partial charge on any atom is -0.465 e. The molecular formula is C22H24N2O7. The Bertz CT molecular complexity index is 872. The van der Waals surface area contributed by atoms with Crippen molar-refractivity contribution < 1.29 is 33.8 Å². The molecule has 1 unspecified atom stereocenters. The summed E-state index contributed by atoms with van der Waals surface area (Å²) in [5.74, 6) is -1.93. The summed E-state index contributed by atoms with van der Waals surface area (Å²) in [6.07, 6.45) is -1.71. The van der Waals surface area contributed by atoms with Crippen LogP contribution in [0.4, 0.5) is 4.79 Å². The number of benzene rings is 2. The molecule has 9 nitrogen and oxygen atoms in total. The number of nitrogens with one attached hydrogen (secondary N) is 2. The molecule has 2 rings (SSSR count). The number of carbonyl (C=O) groups excluding carboxylic acids is 3. The van der Waals surface area contributed by atoms with Crippen LogP contribution < -0.4 is 10.6 Å². The molecule has 9 heteroatoms. The van der Waals surface area contributed by atoms with Crippen LogP contribution in [-0.2, 0) is 37.1 Å². The number of amides is 2. The maximum Gasteiger partial charge on any atom is 0.405 e. The van der Waals surface area contributed by atoms with Gasteiger partial charge in [-0.2, -0.15) is 0 Å². The number of ether oxygens (including phenoxy) is 2. The van der Waals surface area contributed by atoms with Gasteiger partial charge in [0, 0.05) is 6.42 Å². The number of hydrogen-bond acceptors (Lipinski definition) is 6. The zero-order valence-corrected chi connectivity index (χ0v) is 16.8. The van der Waals surface area contributed by atoms with Gasteiger partial charge in [-0.3, -0.25) is 9.59 Å². The Kier molecular flexibility index (Phi) is 9.54. The lowest BCUT2D eigenvalue weighted by atomic mass is 10.1. The number of rotatable bonds is 11. The average molecular weight is 428 g/mol. The van der Waals surface area contributed by atoms with Crippen LogP contribution >= 0.6 is 0 Å². The molecule has 2 aromatic rings. The van der Waals surface area contributed by atoms with E-state index in [0.29, 0.717) is 0 Å². The monoisotopic (exact) mass is 428 g/mol. The van der Waals surface area contributed by atoms with Crippen LogP contribution in [0.25, 0.3) is 0 Å². The van der Waals surface area contributed by atoms with E-state index in [9.17, 15) is 19.2 Å². The van der Waals surface area contributed by atoms with Crippen molar-refractivity contribution in [1.82, 2.24) is 10.6 Å². The van der Waals surface area contributed by atoms with Gasteiger partial charge in [0.1, 0.15) is 25.8 Å². The zero-order chi connectivity index (χ0) is 22.5. The third-order valence-corrected chi connectivity index (χ3v) is 4.14. The van der Waals surface area contributed by atoms with Crippen molar-refractivity contribution in [3.63, 3.8) is 0 Å². The van der Waals surface area contributed by atoms with E-state index in [1.54, 1.807) is 36.4 Å². The maximum absolute atomic E-state index is 12.2. The summed E-state index contributed by atoms with van der Waals surface area (Å²) in [5, 5.41) is 13.4. The maximum atomic E-state index is 12.2. The molecule has 0 spiro atoms. The first-order valence-electron chi connectivity index (χ1n) is 9.60. The van der Waals surface area contributed by atoms with Gasteiger partial charge >= 0.3 is 18.0 Å². The molecule has 2 aromatic carbocycles. The Morgan fingerprint density at radius 2 is 1.39 bits per heavy atom. The summed E-state index contributed by atoms with van der Waals surface area (Å²) >= 11 is 0. The molecular weight excluding hydrogens is 404 g/mol. The van der Waals surface area contributed by atoms with Gasteiger partial charge in [-0.25, -0.2) is 9.59 Å². The van der Waals surface area contributed by atoms with E-state index in [1.807, 2.05) is 29.6 Å². The highest BCUT2D eigenvalue weighted by atomic mass is 16.5. The molecule has 0 fully saturated rings. The topological polar surface area (TPSA) is 131 Å². The molecule has 3 N–H and O–H groups in total. The van der Waals surface area contributed by atoms with Crippen LogP contribution in [0, 0.1) is 0 Å². The molecule has 0 saturated heterocycles. The van der Waals surface area contributed by atoms with E-state index < -0.39 is 30.0 Å². The molecule has 0 aliphatic rings. The summed E-state index contributed by atoms with van der Waals surface area (Å²) in [5.41, 5.74) is 1.57. The van der Waals surface area contributed by atoms with E-state index in [4.69, 9.17) is 14.6 Å². The minimum atomic E-state index is -1.41. The molecule has 0 saturated carbocycles. The lowest BCUT2D eigenvalue weighted by molar-refractivity contribution is -0.148. The quantitative estimate of drug-likeness (QED) is 0.467. The number of carboxylic acid groups (broad SMARTS) is 1. The highest BCUT2D eigenvalue weighted by Crippen LogP contribution is 2.06. The van der Waals surface area contributed by atoms with E-state index in [0.717, 1.165) is 11.1 Å². The van der Waals surface area contributed by atoms with Crippen molar-refractivity contribution in [2.24, 2.45) is 0 Å². The molecule has 0 aliphatic heterocycles. The number of carbonyl (C=O) groups is 4. The van der Waals surface area contributed by atoms with Crippen LogP contribution in [-0.4, -0.2) is 41.6 Å². The van der Waals surface area contributed by atoms with Gasteiger partial charge in [-0.15, -0.1) is 0 Å². The molecule has 0 radical (unpaired) electrons. The molecule has 31 heavy (non-hydrogen) atoms. The van der Waals surface area contributed by atoms with Crippen molar-refractivity contribution in [2.75, 3.05) is 6.54 Å². The number of hydrogen-bond donors (Lipinski definition) is 3. The molecule has 0 heterocycles. The lowest BCUT2D eigenvalue weighted by Crippen LogP contribution is -2.42. The van der Waals surface area contributed by atoms with Gasteiger partial charge in [0.25, 0.3) is 0 Å². The van der Waals surface area contributed by atoms with Crippen LogP contribution in [0.3, 0.4) is 0 Å². The van der Waals surface area contributed by atoms with Gasteiger partial charge < -0.3 is 25.2 Å². The van der Waals surface area contributed by atoms with E-state index >= 15 is 0 Å². The second-order valence-electron chi connectivity index (χ2n) is 6.56. The molecule has 1 atom stereocenters. The summed E-state index contributed by atoms with van der Waals surface area (Å²) in [7, 11) is 0. The summed E-state index contributed by atoms with van der Waals surface area (Å²) in [6.45, 7) is -0.258. The fraction of sp³-hybridized carbons (Fsp3) is 0.273. The van der Waals surface area contributed by atoms with E-state index in [1.165, 1.54) is 0 Å². The van der Waals surface area contributed by atoms with E-state index in [-0.39, 0.29) is 32.6 Å². The van der Waals surface area contributed by atoms with Crippen LogP contribution in [0.15, 0.2) is 60.7 Å². The number of esters is 2. The molecule has 0 aliphatic carbocycles. The normalized spacial score (nSPS) is 11.1. The zero-order valence-electron chi connectivity index (χ0n) is 16.8. The molecule has 0 aromatic heterocycles. The minimum absolute atomic E-state index is 0.0169. The van der Waals surface area contributed by atoms with Gasteiger partial charge in [0.2, 0.25) is 5.91 Å². The Hall–Kier alpha value is -3.88. The van der Waals surface area contributed by atoms with Gasteiger partial charge in [0.15, 0.2) is 0 Å². The van der Waals surface area contributed by atoms with Crippen molar-refractivity contribution in [2.45, 2.75) is 32.1 Å². The standard InChI is InChI=1S/C22H24N2O7/c25-19(23-13-20(26)30-14-16-7-3-1-4-8-16)12-11-18(24-22(28)29)21(27)31-15-17-9-5-2-6-10-17/h1-10,18,24H,11-15H2,(H,23,25)(H,28,29). The van der Waals surface area contributed by atoms with Crippen molar-refractivity contribution >= 4 is 23.9 Å². The smallest absolute Gasteiger partial charge is 0.405 e. The Morgan fingerprint density at radius 3 is 1.94 bits per heavy atom. The second kappa shape index (κ2) is 12.6. The summed E-state index contributed by atoms with van der Waals surface area (Å²) < 4.78 is 10.2. The first-order chi connectivity index (χ1) is 14.9. The van der Waals surface area contributed by atoms with Crippen molar-refractivity contribution in [3.05, 3.63) is 71.8 Å². The highest BCUT2D eigenvalue weighted by Gasteiger charge is 2.23. The third kappa shape index (κ3) is 9.44. The van der Waals surface area contributed by atoms with Crippen molar-refractivity contribution in [1.29, 1.82) is 0 Å². The SMILES string of the molecule is O=C(O)NC(CCC(=O)NCC(=O)OCc1ccccc1)C(=O)OCc1ccccc1. The predicted octanol–water partition coefficient (Wildman–Crippen LogP) is 2.01. The van der Waals surface area contributed by atoms with Crippen LogP contribution in [0.2, 0.25) is 0 Å². The van der Waals surface area contributed by atoms with Crippen LogP contribution in [0.5, 0.6) is 0 Å². The Labute approximate surface area is 179 Å². The molecule has 164 valence electrons. The predicted molar refractivity (Wildman–Crippen MR) is 110 cm³/mol.